The molecule has 0 saturated heterocycles. The first-order chi connectivity index (χ1) is 13.4. The van der Waals surface area contributed by atoms with Crippen molar-refractivity contribution in [1.82, 2.24) is 15.3 Å². The fourth-order valence-corrected chi connectivity index (χ4v) is 4.14. The van der Waals surface area contributed by atoms with E-state index in [2.05, 4.69) is 21.4 Å². The Labute approximate surface area is 167 Å². The molecule has 0 spiro atoms. The molecule has 2 aromatic rings. The van der Waals surface area contributed by atoms with Gasteiger partial charge < -0.3 is 10.1 Å². The normalized spacial score (nSPS) is 16.6. The van der Waals surface area contributed by atoms with E-state index in [1.807, 2.05) is 12.1 Å². The number of ether oxygens (including phenoxy) is 1. The highest BCUT2D eigenvalue weighted by Gasteiger charge is 2.35. The second kappa shape index (κ2) is 8.48. The van der Waals surface area contributed by atoms with Crippen LogP contribution >= 0.6 is 11.3 Å². The number of amides is 1. The number of aryl methyl sites for hydroxylation is 1. The monoisotopic (exact) mass is 398 g/mol. The second-order valence-corrected chi connectivity index (χ2v) is 7.94. The molecule has 1 saturated carbocycles. The molecule has 8 heteroatoms. The number of carbonyl (C=O) groups excluding carboxylic acids is 2. The number of hydrogen-bond acceptors (Lipinski definition) is 7. The molecular weight excluding hydrogens is 376 g/mol. The first kappa shape index (κ1) is 20.0. The standard InChI is InChI=1S/C20H22N4O3S/c1-13-16(28-18(23-13)15-8-4-7-11-22-15)19(26)27-14(2)17(25)24-20(12-21)9-5-3-6-10-20/h4,7-8,11,14H,3,5-6,9-10H2,1-2H3,(H,24,25)/t14-/m1/s1. The number of nitriles is 1. The highest BCUT2D eigenvalue weighted by Crippen LogP contribution is 2.29. The second-order valence-electron chi connectivity index (χ2n) is 6.94. The minimum atomic E-state index is -1.00. The number of aromatic nitrogens is 2. The van der Waals surface area contributed by atoms with Gasteiger partial charge in [0.1, 0.15) is 15.4 Å². The van der Waals surface area contributed by atoms with Gasteiger partial charge in [-0.1, -0.05) is 25.3 Å². The van der Waals surface area contributed by atoms with Crippen LogP contribution in [-0.4, -0.2) is 33.5 Å². The molecule has 2 aromatic heterocycles. The van der Waals surface area contributed by atoms with Gasteiger partial charge in [0, 0.05) is 6.20 Å². The third kappa shape index (κ3) is 4.37. The molecule has 0 bridgehead atoms. The van der Waals surface area contributed by atoms with Gasteiger partial charge >= 0.3 is 5.97 Å². The molecule has 1 N–H and O–H groups in total. The van der Waals surface area contributed by atoms with E-state index >= 15 is 0 Å². The highest BCUT2D eigenvalue weighted by molar-refractivity contribution is 7.17. The molecule has 1 atom stereocenters. The lowest BCUT2D eigenvalue weighted by Crippen LogP contribution is -2.52. The molecule has 7 nitrogen and oxygen atoms in total. The molecule has 28 heavy (non-hydrogen) atoms. The van der Waals surface area contributed by atoms with Crippen LogP contribution in [0.5, 0.6) is 0 Å². The van der Waals surface area contributed by atoms with Gasteiger partial charge in [0.2, 0.25) is 0 Å². The fourth-order valence-electron chi connectivity index (χ4n) is 3.21. The molecule has 0 aromatic carbocycles. The van der Waals surface area contributed by atoms with Gasteiger partial charge in [-0.05, 0) is 38.8 Å². The number of nitrogens with one attached hydrogen (secondary N) is 1. The maximum absolute atomic E-state index is 12.5. The SMILES string of the molecule is Cc1nc(-c2ccccn2)sc1C(=O)O[C@H](C)C(=O)NC1(C#N)CCCCC1. The molecule has 2 heterocycles. The Bertz CT molecular complexity index is 898. The summed E-state index contributed by atoms with van der Waals surface area (Å²) < 4.78 is 5.35. The number of thiazole rings is 1. The molecule has 146 valence electrons. The summed E-state index contributed by atoms with van der Waals surface area (Å²) in [5, 5.41) is 12.9. The van der Waals surface area contributed by atoms with Crippen LogP contribution in [0.15, 0.2) is 24.4 Å². The van der Waals surface area contributed by atoms with Crippen molar-refractivity contribution in [3.8, 4) is 16.8 Å². The highest BCUT2D eigenvalue weighted by atomic mass is 32.1. The van der Waals surface area contributed by atoms with Crippen LogP contribution in [0, 0.1) is 18.3 Å². The number of hydrogen-bond donors (Lipinski definition) is 1. The molecule has 0 aliphatic heterocycles. The molecule has 0 radical (unpaired) electrons. The van der Waals surface area contributed by atoms with Crippen molar-refractivity contribution in [3.05, 3.63) is 35.0 Å². The lowest BCUT2D eigenvalue weighted by molar-refractivity contribution is -0.130. The zero-order valence-corrected chi connectivity index (χ0v) is 16.7. The van der Waals surface area contributed by atoms with Crippen LogP contribution in [0.3, 0.4) is 0 Å². The molecule has 3 rings (SSSR count). The summed E-state index contributed by atoms with van der Waals surface area (Å²) in [6, 6.07) is 7.70. The predicted octanol–water partition coefficient (Wildman–Crippen LogP) is 3.40. The number of nitrogens with zero attached hydrogens (tertiary/aromatic N) is 3. The number of esters is 1. The molecule has 1 aliphatic carbocycles. The van der Waals surface area contributed by atoms with Gasteiger partial charge in [0.25, 0.3) is 5.91 Å². The van der Waals surface area contributed by atoms with E-state index in [0.717, 1.165) is 19.3 Å². The molecular formula is C20H22N4O3S. The van der Waals surface area contributed by atoms with Crippen molar-refractivity contribution in [2.45, 2.75) is 57.6 Å². The largest absolute Gasteiger partial charge is 0.448 e. The van der Waals surface area contributed by atoms with Gasteiger partial charge in [0.15, 0.2) is 6.10 Å². The van der Waals surface area contributed by atoms with E-state index in [-0.39, 0.29) is 0 Å². The summed E-state index contributed by atoms with van der Waals surface area (Å²) in [4.78, 5) is 34.0. The number of carbonyl (C=O) groups is 2. The van der Waals surface area contributed by atoms with Gasteiger partial charge in [-0.25, -0.2) is 9.78 Å². The number of rotatable bonds is 5. The van der Waals surface area contributed by atoms with Crippen LogP contribution < -0.4 is 5.32 Å². The van der Waals surface area contributed by atoms with Crippen molar-refractivity contribution < 1.29 is 14.3 Å². The van der Waals surface area contributed by atoms with Gasteiger partial charge in [0.05, 0.1) is 17.5 Å². The van der Waals surface area contributed by atoms with Crippen molar-refractivity contribution in [3.63, 3.8) is 0 Å². The third-order valence-electron chi connectivity index (χ3n) is 4.80. The maximum Gasteiger partial charge on any atom is 0.351 e. The summed E-state index contributed by atoms with van der Waals surface area (Å²) in [5.74, 6) is -1.06. The van der Waals surface area contributed by atoms with Crippen LogP contribution in [0.1, 0.15) is 54.4 Å². The van der Waals surface area contributed by atoms with E-state index in [1.54, 1.807) is 19.2 Å². The maximum atomic E-state index is 12.5. The fraction of sp³-hybridized carbons (Fsp3) is 0.450. The van der Waals surface area contributed by atoms with E-state index in [1.165, 1.54) is 18.3 Å². The van der Waals surface area contributed by atoms with E-state index < -0.39 is 23.5 Å². The number of pyridine rings is 1. The Morgan fingerprint density at radius 3 is 2.71 bits per heavy atom. The van der Waals surface area contributed by atoms with Crippen molar-refractivity contribution in [1.29, 1.82) is 5.26 Å². The summed E-state index contributed by atoms with van der Waals surface area (Å²) in [5.41, 5.74) is 0.348. The Balaban J connectivity index is 1.66. The Morgan fingerprint density at radius 2 is 2.07 bits per heavy atom. The average Bonchev–Trinajstić information content (AvgIpc) is 3.11. The summed E-state index contributed by atoms with van der Waals surface area (Å²) in [7, 11) is 0. The zero-order valence-electron chi connectivity index (χ0n) is 15.9. The minimum absolute atomic E-state index is 0.341. The summed E-state index contributed by atoms with van der Waals surface area (Å²) in [6.45, 7) is 3.23. The topological polar surface area (TPSA) is 105 Å². The molecule has 0 unspecified atom stereocenters. The summed E-state index contributed by atoms with van der Waals surface area (Å²) >= 11 is 1.18. The average molecular weight is 398 g/mol. The first-order valence-corrected chi connectivity index (χ1v) is 10.1. The molecule has 1 amide bonds. The molecule has 1 aliphatic rings. The zero-order chi connectivity index (χ0) is 20.1. The Kier molecular flexibility index (Phi) is 6.05. The van der Waals surface area contributed by atoms with Crippen molar-refractivity contribution >= 4 is 23.2 Å². The predicted molar refractivity (Wildman–Crippen MR) is 105 cm³/mol. The lowest BCUT2D eigenvalue weighted by Gasteiger charge is -2.32. The van der Waals surface area contributed by atoms with Crippen LogP contribution in [0.4, 0.5) is 0 Å². The quantitative estimate of drug-likeness (QED) is 0.774. The first-order valence-electron chi connectivity index (χ1n) is 9.27. The Hall–Kier alpha value is -2.79. The molecule has 1 fully saturated rings. The van der Waals surface area contributed by atoms with E-state index in [0.29, 0.717) is 34.1 Å². The summed E-state index contributed by atoms with van der Waals surface area (Å²) in [6.07, 6.45) is 4.77. The lowest BCUT2D eigenvalue weighted by atomic mass is 9.83. The van der Waals surface area contributed by atoms with Crippen molar-refractivity contribution in [2.24, 2.45) is 0 Å². The van der Waals surface area contributed by atoms with E-state index in [9.17, 15) is 14.9 Å². The van der Waals surface area contributed by atoms with Crippen LogP contribution in [-0.2, 0) is 9.53 Å². The minimum Gasteiger partial charge on any atom is -0.448 e. The van der Waals surface area contributed by atoms with Crippen LogP contribution in [0.2, 0.25) is 0 Å². The van der Waals surface area contributed by atoms with Crippen LogP contribution in [0.25, 0.3) is 10.7 Å². The Morgan fingerprint density at radius 1 is 1.32 bits per heavy atom. The van der Waals surface area contributed by atoms with Gasteiger partial charge in [-0.2, -0.15) is 5.26 Å². The van der Waals surface area contributed by atoms with Gasteiger partial charge in [-0.15, -0.1) is 11.3 Å². The third-order valence-corrected chi connectivity index (χ3v) is 5.96. The smallest absolute Gasteiger partial charge is 0.351 e. The van der Waals surface area contributed by atoms with Gasteiger partial charge in [-0.3, -0.25) is 9.78 Å². The van der Waals surface area contributed by atoms with E-state index in [4.69, 9.17) is 4.74 Å². The van der Waals surface area contributed by atoms with Crippen molar-refractivity contribution in [2.75, 3.05) is 0 Å².